The first-order chi connectivity index (χ1) is 11.0. The van der Waals surface area contributed by atoms with Crippen molar-refractivity contribution < 1.29 is 0 Å². The molecule has 0 bridgehead atoms. The van der Waals surface area contributed by atoms with E-state index < -0.39 is 0 Å². The van der Waals surface area contributed by atoms with Gasteiger partial charge < -0.3 is 4.57 Å². The molecule has 23 heavy (non-hydrogen) atoms. The average Bonchev–Trinajstić information content (AvgIpc) is 2.56. The molecule has 2 aromatic carbocycles. The largest absolute Gasteiger partial charge is 0.307 e. The molecule has 4 heteroatoms. The molecular weight excluding hydrogens is 374 g/mol. The molecule has 3 aromatic rings. The fourth-order valence-electron chi connectivity index (χ4n) is 3.12. The van der Waals surface area contributed by atoms with Gasteiger partial charge in [-0.15, -0.1) is 0 Å². The minimum Gasteiger partial charge on any atom is -0.307 e. The molecule has 1 aromatic heterocycles. The van der Waals surface area contributed by atoms with Crippen molar-refractivity contribution in [1.29, 1.82) is 0 Å². The Bertz CT molecular complexity index is 961. The first kappa shape index (κ1) is 16.3. The van der Waals surface area contributed by atoms with E-state index in [-0.39, 0.29) is 10.6 Å². The number of hydrogen-bond donors (Lipinski definition) is 0. The molecule has 118 valence electrons. The van der Waals surface area contributed by atoms with Gasteiger partial charge >= 0.3 is 0 Å². The molecule has 1 heterocycles. The Morgan fingerprint density at radius 1 is 1.17 bits per heavy atom. The summed E-state index contributed by atoms with van der Waals surface area (Å²) in [6, 6.07) is 12.0. The topological polar surface area (TPSA) is 22.0 Å². The molecule has 0 radical (unpaired) electrons. The Labute approximate surface area is 148 Å². The van der Waals surface area contributed by atoms with Crippen LogP contribution in [0.5, 0.6) is 0 Å². The molecule has 0 spiro atoms. The summed E-state index contributed by atoms with van der Waals surface area (Å²) in [5, 5.41) is 1.30. The normalized spacial score (nSPS) is 11.2. The standard InChI is InChI=1S/C19H17BrClNO/c1-4-22-18-12(3)16(20)11(2)10-14(18)15(17(21)19(22)23)13-8-6-5-7-9-13/h5-10H,4H2,1-3H3. The second kappa shape index (κ2) is 6.14. The van der Waals surface area contributed by atoms with Crippen molar-refractivity contribution >= 4 is 38.4 Å². The van der Waals surface area contributed by atoms with E-state index in [1.165, 1.54) is 0 Å². The van der Waals surface area contributed by atoms with E-state index in [4.69, 9.17) is 11.6 Å². The fourth-order valence-corrected chi connectivity index (χ4v) is 3.74. The third kappa shape index (κ3) is 2.52. The van der Waals surface area contributed by atoms with Gasteiger partial charge in [0.1, 0.15) is 5.02 Å². The SMILES string of the molecule is CCn1c(=O)c(Cl)c(-c2ccccc2)c2cc(C)c(Br)c(C)c21. The molecule has 0 saturated carbocycles. The monoisotopic (exact) mass is 389 g/mol. The Kier molecular flexibility index (Phi) is 4.35. The second-order valence-corrected chi connectivity index (χ2v) is 6.80. The molecule has 0 aliphatic rings. The predicted molar refractivity (Wildman–Crippen MR) is 102 cm³/mol. The quantitative estimate of drug-likeness (QED) is 0.548. The van der Waals surface area contributed by atoms with Crippen molar-refractivity contribution in [2.75, 3.05) is 0 Å². The lowest BCUT2D eigenvalue weighted by Crippen LogP contribution is -2.22. The Balaban J connectivity index is 2.61. The maximum absolute atomic E-state index is 12.8. The molecule has 0 fully saturated rings. The zero-order valence-electron chi connectivity index (χ0n) is 13.3. The first-order valence-corrected chi connectivity index (χ1v) is 8.71. The maximum atomic E-state index is 12.8. The number of rotatable bonds is 2. The molecule has 0 saturated heterocycles. The first-order valence-electron chi connectivity index (χ1n) is 7.54. The third-order valence-electron chi connectivity index (χ3n) is 4.22. The van der Waals surface area contributed by atoms with Gasteiger partial charge in [-0.1, -0.05) is 57.9 Å². The lowest BCUT2D eigenvalue weighted by Gasteiger charge is -2.18. The van der Waals surface area contributed by atoms with Crippen molar-refractivity contribution in [1.82, 2.24) is 4.57 Å². The van der Waals surface area contributed by atoms with E-state index in [0.717, 1.165) is 37.6 Å². The maximum Gasteiger partial charge on any atom is 0.270 e. The van der Waals surface area contributed by atoms with Gasteiger partial charge in [0, 0.05) is 22.0 Å². The van der Waals surface area contributed by atoms with E-state index in [9.17, 15) is 4.79 Å². The molecule has 0 amide bonds. The van der Waals surface area contributed by atoms with Crippen LogP contribution in [-0.4, -0.2) is 4.57 Å². The Morgan fingerprint density at radius 2 is 1.83 bits per heavy atom. The van der Waals surface area contributed by atoms with Crippen LogP contribution in [0.4, 0.5) is 0 Å². The highest BCUT2D eigenvalue weighted by atomic mass is 79.9. The summed E-state index contributed by atoms with van der Waals surface area (Å²) in [4.78, 5) is 12.8. The van der Waals surface area contributed by atoms with Crippen molar-refractivity contribution in [3.8, 4) is 11.1 Å². The number of halogens is 2. The van der Waals surface area contributed by atoms with Gasteiger partial charge in [0.25, 0.3) is 5.56 Å². The summed E-state index contributed by atoms with van der Waals surface area (Å²) in [5.41, 5.74) is 4.77. The highest BCUT2D eigenvalue weighted by molar-refractivity contribution is 9.10. The molecular formula is C19H17BrClNO. The summed E-state index contributed by atoms with van der Waals surface area (Å²) < 4.78 is 2.79. The summed E-state index contributed by atoms with van der Waals surface area (Å²) >= 11 is 10.1. The Morgan fingerprint density at radius 3 is 2.43 bits per heavy atom. The van der Waals surface area contributed by atoms with Gasteiger partial charge in [-0.3, -0.25) is 4.79 Å². The molecule has 0 atom stereocenters. The lowest BCUT2D eigenvalue weighted by atomic mass is 9.97. The van der Waals surface area contributed by atoms with Gasteiger partial charge in [-0.2, -0.15) is 0 Å². The average molecular weight is 391 g/mol. The number of aryl methyl sites for hydroxylation is 3. The van der Waals surface area contributed by atoms with Crippen molar-refractivity contribution in [3.05, 3.63) is 67.4 Å². The molecule has 2 nitrogen and oxygen atoms in total. The number of pyridine rings is 1. The third-order valence-corrected chi connectivity index (χ3v) is 5.79. The van der Waals surface area contributed by atoms with E-state index in [1.54, 1.807) is 4.57 Å². The molecule has 3 rings (SSSR count). The van der Waals surface area contributed by atoms with E-state index in [2.05, 4.69) is 28.9 Å². The van der Waals surface area contributed by atoms with E-state index in [1.807, 2.05) is 44.2 Å². The minimum absolute atomic E-state index is 0.139. The minimum atomic E-state index is -0.139. The van der Waals surface area contributed by atoms with Crippen LogP contribution < -0.4 is 5.56 Å². The number of hydrogen-bond acceptors (Lipinski definition) is 1. The number of benzene rings is 2. The van der Waals surface area contributed by atoms with Crippen LogP contribution in [0.15, 0.2) is 45.7 Å². The van der Waals surface area contributed by atoms with Crippen molar-refractivity contribution in [3.63, 3.8) is 0 Å². The zero-order valence-corrected chi connectivity index (χ0v) is 15.6. The summed E-state index contributed by atoms with van der Waals surface area (Å²) in [5.74, 6) is 0. The van der Waals surface area contributed by atoms with Crippen LogP contribution in [0.3, 0.4) is 0 Å². The summed E-state index contributed by atoms with van der Waals surface area (Å²) in [7, 11) is 0. The van der Waals surface area contributed by atoms with Gasteiger partial charge in [0.15, 0.2) is 0 Å². The van der Waals surface area contributed by atoms with Gasteiger partial charge in [0.05, 0.1) is 5.52 Å². The molecule has 0 aliphatic carbocycles. The van der Waals surface area contributed by atoms with Crippen LogP contribution >= 0.6 is 27.5 Å². The lowest BCUT2D eigenvalue weighted by molar-refractivity contribution is 0.758. The van der Waals surface area contributed by atoms with Crippen molar-refractivity contribution in [2.24, 2.45) is 0 Å². The molecule has 0 aliphatic heterocycles. The highest BCUT2D eigenvalue weighted by Gasteiger charge is 2.19. The van der Waals surface area contributed by atoms with Crippen LogP contribution in [0.1, 0.15) is 18.1 Å². The Hall–Kier alpha value is -1.58. The van der Waals surface area contributed by atoms with Gasteiger partial charge in [0.2, 0.25) is 0 Å². The van der Waals surface area contributed by atoms with E-state index >= 15 is 0 Å². The second-order valence-electron chi connectivity index (χ2n) is 5.63. The smallest absolute Gasteiger partial charge is 0.270 e. The molecule has 0 unspecified atom stereocenters. The fraction of sp³-hybridized carbons (Fsp3) is 0.211. The van der Waals surface area contributed by atoms with Crippen LogP contribution in [0, 0.1) is 13.8 Å². The van der Waals surface area contributed by atoms with Crippen LogP contribution in [-0.2, 0) is 6.54 Å². The van der Waals surface area contributed by atoms with E-state index in [0.29, 0.717) is 6.54 Å². The number of nitrogens with zero attached hydrogens (tertiary/aromatic N) is 1. The highest BCUT2D eigenvalue weighted by Crippen LogP contribution is 2.37. The number of fused-ring (bicyclic) bond motifs is 1. The van der Waals surface area contributed by atoms with Crippen molar-refractivity contribution in [2.45, 2.75) is 27.3 Å². The van der Waals surface area contributed by atoms with Crippen LogP contribution in [0.25, 0.3) is 22.0 Å². The zero-order chi connectivity index (χ0) is 16.7. The number of aromatic nitrogens is 1. The summed E-state index contributed by atoms with van der Waals surface area (Å²) in [6.45, 7) is 6.64. The summed E-state index contributed by atoms with van der Waals surface area (Å²) in [6.07, 6.45) is 0. The van der Waals surface area contributed by atoms with Gasteiger partial charge in [-0.25, -0.2) is 0 Å². The van der Waals surface area contributed by atoms with Gasteiger partial charge in [-0.05, 0) is 43.5 Å². The molecule has 0 N–H and O–H groups in total. The predicted octanol–water partition coefficient (Wildman–Crippen LogP) is 5.72. The van der Waals surface area contributed by atoms with Crippen LogP contribution in [0.2, 0.25) is 5.02 Å².